The highest BCUT2D eigenvalue weighted by atomic mass is 16.2. The molecule has 2 rings (SSSR count). The molecule has 0 atom stereocenters. The summed E-state index contributed by atoms with van der Waals surface area (Å²) in [5.41, 5.74) is -0.618. The van der Waals surface area contributed by atoms with Crippen LogP contribution in [0.25, 0.3) is 0 Å². The molecule has 0 unspecified atom stereocenters. The number of hydrogen-bond donors (Lipinski definition) is 2. The van der Waals surface area contributed by atoms with E-state index in [1.165, 1.54) is 0 Å². The lowest BCUT2D eigenvalue weighted by molar-refractivity contribution is -0.142. The zero-order valence-corrected chi connectivity index (χ0v) is 9.13. The number of carbonyl (C=O) groups is 3. The molecule has 1 aliphatic heterocycles. The highest BCUT2D eigenvalue weighted by Crippen LogP contribution is 2.46. The second-order valence-electron chi connectivity index (χ2n) is 4.30. The van der Waals surface area contributed by atoms with E-state index in [4.69, 9.17) is 0 Å². The van der Waals surface area contributed by atoms with Gasteiger partial charge in [-0.3, -0.25) is 20.2 Å². The molecule has 1 aliphatic carbocycles. The number of nitrogens with one attached hydrogen (secondary N) is 2. The van der Waals surface area contributed by atoms with Crippen LogP contribution in [-0.2, 0) is 9.59 Å². The molecule has 0 radical (unpaired) electrons. The van der Waals surface area contributed by atoms with E-state index >= 15 is 0 Å². The van der Waals surface area contributed by atoms with Gasteiger partial charge in [-0.15, -0.1) is 0 Å². The van der Waals surface area contributed by atoms with Gasteiger partial charge in [0.05, 0.1) is 0 Å². The molecule has 1 saturated heterocycles. The molecule has 5 heteroatoms. The van der Waals surface area contributed by atoms with Crippen LogP contribution in [0.15, 0.2) is 12.2 Å². The van der Waals surface area contributed by atoms with Gasteiger partial charge >= 0.3 is 6.03 Å². The van der Waals surface area contributed by atoms with Crippen LogP contribution in [0.1, 0.15) is 26.2 Å². The maximum atomic E-state index is 11.9. The summed E-state index contributed by atoms with van der Waals surface area (Å²) in [6, 6.07) is -0.748. The minimum atomic E-state index is -1.25. The van der Waals surface area contributed by atoms with Gasteiger partial charge in [-0.25, -0.2) is 4.79 Å². The summed E-state index contributed by atoms with van der Waals surface area (Å²) in [6.45, 7) is 5.63. The molecule has 2 N–H and O–H groups in total. The molecular weight excluding hydrogens is 208 g/mol. The van der Waals surface area contributed by atoms with Crippen molar-refractivity contribution in [2.24, 2.45) is 11.3 Å². The Bertz CT molecular complexity index is 376. The second kappa shape index (κ2) is 3.43. The van der Waals surface area contributed by atoms with E-state index in [9.17, 15) is 14.4 Å². The van der Waals surface area contributed by atoms with E-state index in [0.717, 1.165) is 12.8 Å². The minimum Gasteiger partial charge on any atom is -0.277 e. The number of imide groups is 2. The minimum absolute atomic E-state index is 0.240. The SMILES string of the molecule is C=C(C1CC1)C1(CC)C(=O)NC(=O)NC1=O. The molecular formula is C11H14N2O3. The first kappa shape index (κ1) is 10.9. The van der Waals surface area contributed by atoms with E-state index in [1.54, 1.807) is 6.92 Å². The predicted octanol–water partition coefficient (Wildman–Crippen LogP) is 0.715. The Morgan fingerprint density at radius 2 is 1.81 bits per heavy atom. The van der Waals surface area contributed by atoms with Crippen molar-refractivity contribution in [3.63, 3.8) is 0 Å². The van der Waals surface area contributed by atoms with Crippen LogP contribution in [0.4, 0.5) is 4.79 Å². The summed E-state index contributed by atoms with van der Waals surface area (Å²) < 4.78 is 0. The van der Waals surface area contributed by atoms with Gasteiger partial charge in [0.15, 0.2) is 0 Å². The van der Waals surface area contributed by atoms with Crippen molar-refractivity contribution in [3.8, 4) is 0 Å². The third-order valence-electron chi connectivity index (χ3n) is 3.38. The van der Waals surface area contributed by atoms with Crippen LogP contribution in [0.2, 0.25) is 0 Å². The van der Waals surface area contributed by atoms with Crippen molar-refractivity contribution in [3.05, 3.63) is 12.2 Å². The lowest BCUT2D eigenvalue weighted by Crippen LogP contribution is -2.63. The Balaban J connectivity index is 2.37. The number of urea groups is 1. The molecule has 16 heavy (non-hydrogen) atoms. The fraction of sp³-hybridized carbons (Fsp3) is 0.545. The van der Waals surface area contributed by atoms with Gasteiger partial charge in [-0.1, -0.05) is 13.5 Å². The second-order valence-corrected chi connectivity index (χ2v) is 4.30. The van der Waals surface area contributed by atoms with Crippen molar-refractivity contribution in [2.75, 3.05) is 0 Å². The quantitative estimate of drug-likeness (QED) is 0.545. The smallest absolute Gasteiger partial charge is 0.277 e. The Labute approximate surface area is 93.3 Å². The zero-order chi connectivity index (χ0) is 11.9. The number of barbiturate groups is 1. The van der Waals surface area contributed by atoms with Crippen molar-refractivity contribution in [1.29, 1.82) is 0 Å². The molecule has 4 amide bonds. The normalized spacial score (nSPS) is 23.7. The molecule has 2 aliphatic rings. The zero-order valence-electron chi connectivity index (χ0n) is 9.13. The van der Waals surface area contributed by atoms with Gasteiger partial charge in [0.2, 0.25) is 11.8 Å². The van der Waals surface area contributed by atoms with Crippen LogP contribution in [0.5, 0.6) is 0 Å². The number of carbonyl (C=O) groups excluding carboxylic acids is 3. The van der Waals surface area contributed by atoms with E-state index in [-0.39, 0.29) is 5.92 Å². The Kier molecular flexibility index (Phi) is 2.33. The van der Waals surface area contributed by atoms with Crippen LogP contribution in [0, 0.1) is 11.3 Å². The van der Waals surface area contributed by atoms with Gasteiger partial charge in [-0.2, -0.15) is 0 Å². The molecule has 2 fully saturated rings. The summed E-state index contributed by atoms with van der Waals surface area (Å²) in [4.78, 5) is 34.8. The molecule has 1 saturated carbocycles. The summed E-state index contributed by atoms with van der Waals surface area (Å²) in [5, 5.41) is 4.29. The predicted molar refractivity (Wildman–Crippen MR) is 56.3 cm³/mol. The molecule has 0 aromatic heterocycles. The third-order valence-corrected chi connectivity index (χ3v) is 3.38. The van der Waals surface area contributed by atoms with Gasteiger partial charge < -0.3 is 0 Å². The third kappa shape index (κ3) is 1.35. The Hall–Kier alpha value is -1.65. The molecule has 0 spiro atoms. The van der Waals surface area contributed by atoms with Gasteiger partial charge in [-0.05, 0) is 30.8 Å². The first-order chi connectivity index (χ1) is 7.52. The average Bonchev–Trinajstić information content (AvgIpc) is 3.00. The van der Waals surface area contributed by atoms with Crippen molar-refractivity contribution in [1.82, 2.24) is 10.6 Å². The van der Waals surface area contributed by atoms with Gasteiger partial charge in [0.25, 0.3) is 0 Å². The maximum absolute atomic E-state index is 11.9. The highest BCUT2D eigenvalue weighted by Gasteiger charge is 2.53. The summed E-state index contributed by atoms with van der Waals surface area (Å²) in [7, 11) is 0. The van der Waals surface area contributed by atoms with Crippen molar-refractivity contribution < 1.29 is 14.4 Å². The molecule has 1 heterocycles. The standard InChI is InChI=1S/C11H14N2O3/c1-3-11(6(2)7-4-5-7)8(14)12-10(16)13-9(11)15/h7H,2-5H2,1H3,(H2,12,13,14,15,16). The molecule has 0 aromatic carbocycles. The Morgan fingerprint density at radius 1 is 1.31 bits per heavy atom. The highest BCUT2D eigenvalue weighted by molar-refractivity contribution is 6.21. The summed E-state index contributed by atoms with van der Waals surface area (Å²) in [6.07, 6.45) is 2.26. The Morgan fingerprint density at radius 3 is 2.19 bits per heavy atom. The van der Waals surface area contributed by atoms with Crippen LogP contribution < -0.4 is 10.6 Å². The van der Waals surface area contributed by atoms with E-state index in [0.29, 0.717) is 12.0 Å². The topological polar surface area (TPSA) is 75.3 Å². The number of amides is 4. The number of rotatable bonds is 3. The molecule has 5 nitrogen and oxygen atoms in total. The number of hydrogen-bond acceptors (Lipinski definition) is 3. The maximum Gasteiger partial charge on any atom is 0.328 e. The van der Waals surface area contributed by atoms with E-state index < -0.39 is 23.3 Å². The van der Waals surface area contributed by atoms with Crippen LogP contribution in [0.3, 0.4) is 0 Å². The first-order valence-electron chi connectivity index (χ1n) is 5.38. The average molecular weight is 222 g/mol. The van der Waals surface area contributed by atoms with Gasteiger partial charge in [0.1, 0.15) is 5.41 Å². The van der Waals surface area contributed by atoms with Crippen LogP contribution in [-0.4, -0.2) is 17.8 Å². The fourth-order valence-electron chi connectivity index (χ4n) is 2.17. The summed E-state index contributed by atoms with van der Waals surface area (Å²) >= 11 is 0. The lowest BCUT2D eigenvalue weighted by atomic mass is 9.73. The molecule has 86 valence electrons. The monoisotopic (exact) mass is 222 g/mol. The fourth-order valence-corrected chi connectivity index (χ4v) is 2.17. The van der Waals surface area contributed by atoms with Crippen molar-refractivity contribution in [2.45, 2.75) is 26.2 Å². The lowest BCUT2D eigenvalue weighted by Gasteiger charge is -2.34. The first-order valence-corrected chi connectivity index (χ1v) is 5.38. The van der Waals surface area contributed by atoms with Gasteiger partial charge in [0, 0.05) is 0 Å². The molecule has 0 bridgehead atoms. The largest absolute Gasteiger partial charge is 0.328 e. The molecule has 0 aromatic rings. The van der Waals surface area contributed by atoms with Crippen molar-refractivity contribution >= 4 is 17.8 Å². The summed E-state index contributed by atoms with van der Waals surface area (Å²) in [5.74, 6) is -0.842. The van der Waals surface area contributed by atoms with E-state index in [1.807, 2.05) is 0 Å². The van der Waals surface area contributed by atoms with E-state index in [2.05, 4.69) is 17.2 Å². The van der Waals surface area contributed by atoms with Crippen LogP contribution >= 0.6 is 0 Å².